The molecule has 0 amide bonds. The normalized spacial score (nSPS) is 18.4. The molecule has 1 aromatic carbocycles. The van der Waals surface area contributed by atoms with Crippen LogP contribution < -0.4 is 10.5 Å². The van der Waals surface area contributed by atoms with Crippen molar-refractivity contribution in [2.45, 2.75) is 51.0 Å². The minimum Gasteiger partial charge on any atom is -0.476 e. The van der Waals surface area contributed by atoms with Gasteiger partial charge in [-0.3, -0.25) is 0 Å². The SMILES string of the molecule is Cc1cc2ccccc2nc1OCC1(N)CCCCCC1. The van der Waals surface area contributed by atoms with E-state index in [-0.39, 0.29) is 5.54 Å². The predicted molar refractivity (Wildman–Crippen MR) is 86.6 cm³/mol. The van der Waals surface area contributed by atoms with Crippen LogP contribution in [0.25, 0.3) is 10.9 Å². The Bertz CT molecular complexity index is 616. The number of para-hydroxylation sites is 1. The van der Waals surface area contributed by atoms with Gasteiger partial charge in [0.15, 0.2) is 0 Å². The van der Waals surface area contributed by atoms with E-state index in [1.54, 1.807) is 0 Å². The summed E-state index contributed by atoms with van der Waals surface area (Å²) in [6.07, 6.45) is 7.13. The molecule has 3 nitrogen and oxygen atoms in total. The van der Waals surface area contributed by atoms with Crippen molar-refractivity contribution in [3.8, 4) is 5.88 Å². The molecule has 21 heavy (non-hydrogen) atoms. The summed E-state index contributed by atoms with van der Waals surface area (Å²) in [6.45, 7) is 2.62. The van der Waals surface area contributed by atoms with Crippen LogP contribution in [0, 0.1) is 6.92 Å². The summed E-state index contributed by atoms with van der Waals surface area (Å²) in [4.78, 5) is 4.64. The smallest absolute Gasteiger partial charge is 0.216 e. The zero-order valence-corrected chi connectivity index (χ0v) is 12.8. The third-order valence-electron chi connectivity index (χ3n) is 4.46. The Labute approximate surface area is 126 Å². The van der Waals surface area contributed by atoms with Gasteiger partial charge in [0, 0.05) is 10.9 Å². The topological polar surface area (TPSA) is 48.1 Å². The molecule has 1 heterocycles. The van der Waals surface area contributed by atoms with Gasteiger partial charge in [-0.1, -0.05) is 43.9 Å². The Morgan fingerprint density at radius 2 is 1.86 bits per heavy atom. The van der Waals surface area contributed by atoms with Gasteiger partial charge in [-0.15, -0.1) is 0 Å². The van der Waals surface area contributed by atoms with E-state index < -0.39 is 0 Å². The third-order valence-corrected chi connectivity index (χ3v) is 4.46. The fraction of sp³-hybridized carbons (Fsp3) is 0.500. The molecule has 0 saturated heterocycles. The number of pyridine rings is 1. The van der Waals surface area contributed by atoms with Crippen LogP contribution in [0.4, 0.5) is 0 Å². The van der Waals surface area contributed by atoms with Crippen molar-refractivity contribution >= 4 is 10.9 Å². The minimum absolute atomic E-state index is 0.184. The lowest BCUT2D eigenvalue weighted by Gasteiger charge is -2.28. The maximum Gasteiger partial charge on any atom is 0.216 e. The zero-order valence-electron chi connectivity index (χ0n) is 12.8. The number of aromatic nitrogens is 1. The molecule has 0 spiro atoms. The molecule has 1 aliphatic rings. The molecule has 0 radical (unpaired) electrons. The van der Waals surface area contributed by atoms with E-state index in [2.05, 4.69) is 17.1 Å². The lowest BCUT2D eigenvalue weighted by atomic mass is 9.92. The van der Waals surface area contributed by atoms with E-state index in [1.165, 1.54) is 25.7 Å². The molecule has 2 aromatic rings. The van der Waals surface area contributed by atoms with Crippen molar-refractivity contribution in [1.82, 2.24) is 4.98 Å². The maximum absolute atomic E-state index is 6.52. The number of benzene rings is 1. The van der Waals surface area contributed by atoms with Crippen LogP contribution in [0.5, 0.6) is 5.88 Å². The van der Waals surface area contributed by atoms with Crippen molar-refractivity contribution in [2.75, 3.05) is 6.61 Å². The van der Waals surface area contributed by atoms with Crippen molar-refractivity contribution in [1.29, 1.82) is 0 Å². The Hall–Kier alpha value is -1.61. The van der Waals surface area contributed by atoms with Gasteiger partial charge in [-0.25, -0.2) is 4.98 Å². The monoisotopic (exact) mass is 284 g/mol. The Morgan fingerprint density at radius 1 is 1.14 bits per heavy atom. The van der Waals surface area contributed by atoms with Gasteiger partial charge >= 0.3 is 0 Å². The molecule has 1 aromatic heterocycles. The maximum atomic E-state index is 6.52. The Balaban J connectivity index is 1.76. The average molecular weight is 284 g/mol. The molecule has 3 heteroatoms. The summed E-state index contributed by atoms with van der Waals surface area (Å²) < 4.78 is 6.01. The number of ether oxygens (including phenoxy) is 1. The van der Waals surface area contributed by atoms with Crippen LogP contribution in [-0.2, 0) is 0 Å². The van der Waals surface area contributed by atoms with Crippen LogP contribution in [-0.4, -0.2) is 17.1 Å². The molecule has 1 fully saturated rings. The number of hydrogen-bond donors (Lipinski definition) is 1. The van der Waals surface area contributed by atoms with E-state index in [0.29, 0.717) is 6.61 Å². The van der Waals surface area contributed by atoms with Gasteiger partial charge in [0.05, 0.1) is 11.1 Å². The van der Waals surface area contributed by atoms with Gasteiger partial charge < -0.3 is 10.5 Å². The molecule has 0 aliphatic heterocycles. The predicted octanol–water partition coefficient (Wildman–Crippen LogP) is 3.97. The highest BCUT2D eigenvalue weighted by molar-refractivity contribution is 5.79. The second-order valence-corrected chi connectivity index (χ2v) is 6.37. The fourth-order valence-electron chi connectivity index (χ4n) is 3.14. The number of hydrogen-bond acceptors (Lipinski definition) is 3. The highest BCUT2D eigenvalue weighted by atomic mass is 16.5. The first-order valence-corrected chi connectivity index (χ1v) is 7.94. The van der Waals surface area contributed by atoms with Gasteiger partial charge in [0.25, 0.3) is 0 Å². The van der Waals surface area contributed by atoms with E-state index >= 15 is 0 Å². The standard InChI is InChI=1S/C18H24N2O/c1-14-12-15-8-4-5-9-16(15)20-17(14)21-13-18(19)10-6-2-3-7-11-18/h4-5,8-9,12H,2-3,6-7,10-11,13,19H2,1H3. The summed E-state index contributed by atoms with van der Waals surface area (Å²) in [5.41, 5.74) is 8.38. The molecule has 1 saturated carbocycles. The van der Waals surface area contributed by atoms with Crippen LogP contribution in [0.2, 0.25) is 0 Å². The molecular formula is C18H24N2O. The molecule has 1 aliphatic carbocycles. The summed E-state index contributed by atoms with van der Waals surface area (Å²) in [5.74, 6) is 0.725. The lowest BCUT2D eigenvalue weighted by Crippen LogP contribution is -2.45. The van der Waals surface area contributed by atoms with Crippen LogP contribution >= 0.6 is 0 Å². The highest BCUT2D eigenvalue weighted by Crippen LogP contribution is 2.27. The third kappa shape index (κ3) is 3.35. The van der Waals surface area contributed by atoms with Crippen molar-refractivity contribution in [2.24, 2.45) is 5.73 Å². The average Bonchev–Trinajstić information content (AvgIpc) is 2.70. The largest absolute Gasteiger partial charge is 0.476 e. The fourth-order valence-corrected chi connectivity index (χ4v) is 3.14. The summed E-state index contributed by atoms with van der Waals surface area (Å²) in [7, 11) is 0. The van der Waals surface area contributed by atoms with Crippen molar-refractivity contribution in [3.05, 3.63) is 35.9 Å². The first-order valence-electron chi connectivity index (χ1n) is 7.94. The zero-order chi connectivity index (χ0) is 14.7. The van der Waals surface area contributed by atoms with Crippen LogP contribution in [0.3, 0.4) is 0 Å². The number of nitrogens with two attached hydrogens (primary N) is 1. The van der Waals surface area contributed by atoms with Crippen LogP contribution in [0.15, 0.2) is 30.3 Å². The minimum atomic E-state index is -0.184. The lowest BCUT2D eigenvalue weighted by molar-refractivity contribution is 0.193. The molecule has 0 unspecified atom stereocenters. The van der Waals surface area contributed by atoms with E-state index in [1.807, 2.05) is 25.1 Å². The first kappa shape index (κ1) is 14.3. The van der Waals surface area contributed by atoms with Gasteiger partial charge in [-0.2, -0.15) is 0 Å². The first-order chi connectivity index (χ1) is 10.2. The molecule has 0 atom stereocenters. The second kappa shape index (κ2) is 6.02. The molecular weight excluding hydrogens is 260 g/mol. The molecule has 3 rings (SSSR count). The number of nitrogens with zero attached hydrogens (tertiary/aromatic N) is 1. The Kier molecular flexibility index (Phi) is 4.11. The van der Waals surface area contributed by atoms with E-state index in [0.717, 1.165) is 35.2 Å². The summed E-state index contributed by atoms with van der Waals surface area (Å²) >= 11 is 0. The molecule has 2 N–H and O–H groups in total. The summed E-state index contributed by atoms with van der Waals surface area (Å²) in [5, 5.41) is 1.15. The van der Waals surface area contributed by atoms with Crippen LogP contribution in [0.1, 0.15) is 44.1 Å². The van der Waals surface area contributed by atoms with Gasteiger partial charge in [0.2, 0.25) is 5.88 Å². The van der Waals surface area contributed by atoms with E-state index in [4.69, 9.17) is 10.5 Å². The van der Waals surface area contributed by atoms with E-state index in [9.17, 15) is 0 Å². The van der Waals surface area contributed by atoms with Gasteiger partial charge in [-0.05, 0) is 31.9 Å². The van der Waals surface area contributed by atoms with Crippen molar-refractivity contribution < 1.29 is 4.74 Å². The second-order valence-electron chi connectivity index (χ2n) is 6.37. The van der Waals surface area contributed by atoms with Crippen molar-refractivity contribution in [3.63, 3.8) is 0 Å². The highest BCUT2D eigenvalue weighted by Gasteiger charge is 2.27. The number of fused-ring (bicyclic) bond motifs is 1. The summed E-state index contributed by atoms with van der Waals surface area (Å²) in [6, 6.07) is 10.3. The molecule has 0 bridgehead atoms. The Morgan fingerprint density at radius 3 is 2.62 bits per heavy atom. The number of aryl methyl sites for hydroxylation is 1. The molecule has 112 valence electrons. The van der Waals surface area contributed by atoms with Gasteiger partial charge in [0.1, 0.15) is 6.61 Å². The quantitative estimate of drug-likeness (QED) is 0.867. The number of rotatable bonds is 3.